The number of hydrogen-bond acceptors (Lipinski definition) is 6. The lowest BCUT2D eigenvalue weighted by Gasteiger charge is -2.26. The van der Waals surface area contributed by atoms with Gasteiger partial charge in [0.15, 0.2) is 5.13 Å². The molecule has 2 rings (SSSR count). The molecule has 21 heavy (non-hydrogen) atoms. The lowest BCUT2D eigenvalue weighted by atomic mass is 10.3. The molecule has 1 aliphatic heterocycles. The highest BCUT2D eigenvalue weighted by Crippen LogP contribution is 2.29. The van der Waals surface area contributed by atoms with Crippen LogP contribution in [0.4, 0.5) is 10.9 Å². The van der Waals surface area contributed by atoms with Crippen LogP contribution in [0.25, 0.3) is 0 Å². The molecule has 1 aliphatic rings. The second-order valence-electron chi connectivity index (χ2n) is 5.24. The minimum atomic E-state index is 0.0232. The van der Waals surface area contributed by atoms with Crippen molar-refractivity contribution in [2.75, 3.05) is 49.9 Å². The van der Waals surface area contributed by atoms with Crippen LogP contribution < -0.4 is 16.0 Å². The van der Waals surface area contributed by atoms with Gasteiger partial charge < -0.3 is 20.9 Å². The third kappa shape index (κ3) is 3.85. The first-order valence-electron chi connectivity index (χ1n) is 7.68. The molecule has 1 fully saturated rings. The van der Waals surface area contributed by atoms with Gasteiger partial charge in [-0.2, -0.15) is 0 Å². The molecule has 2 heterocycles. The Morgan fingerprint density at radius 3 is 2.52 bits per heavy atom. The summed E-state index contributed by atoms with van der Waals surface area (Å²) < 4.78 is 0. The molecule has 3 N–H and O–H groups in total. The van der Waals surface area contributed by atoms with Crippen molar-refractivity contribution in [2.24, 2.45) is 0 Å². The van der Waals surface area contributed by atoms with E-state index in [1.54, 1.807) is 0 Å². The summed E-state index contributed by atoms with van der Waals surface area (Å²) in [6.45, 7) is 9.42. The molecular formula is C14H25N5OS. The van der Waals surface area contributed by atoms with Crippen molar-refractivity contribution in [2.45, 2.75) is 26.7 Å². The van der Waals surface area contributed by atoms with Crippen LogP contribution in [-0.2, 0) is 0 Å². The van der Waals surface area contributed by atoms with Crippen LogP contribution >= 0.6 is 11.3 Å². The number of nitrogens with two attached hydrogens (primary N) is 1. The van der Waals surface area contributed by atoms with Gasteiger partial charge in [0.2, 0.25) is 0 Å². The summed E-state index contributed by atoms with van der Waals surface area (Å²) in [4.78, 5) is 21.7. The number of carbonyl (C=O) groups is 1. The standard InChI is InChI=1S/C14H25N5OS/c1-3-7-18(8-4-2)13(20)11-12(15)17-14(21-11)19-9-5-16-6-10-19/h16H,3-10,15H2,1-2H3. The molecular weight excluding hydrogens is 286 g/mol. The maximum absolute atomic E-state index is 12.6. The number of amides is 1. The molecule has 1 amide bonds. The quantitative estimate of drug-likeness (QED) is 0.830. The molecule has 1 saturated heterocycles. The smallest absolute Gasteiger partial charge is 0.267 e. The predicted molar refractivity (Wildman–Crippen MR) is 88.1 cm³/mol. The van der Waals surface area contributed by atoms with Crippen LogP contribution in [0.3, 0.4) is 0 Å². The zero-order valence-electron chi connectivity index (χ0n) is 12.9. The molecule has 0 spiro atoms. The predicted octanol–water partition coefficient (Wildman–Crippen LogP) is 1.40. The largest absolute Gasteiger partial charge is 0.382 e. The number of thiazole rings is 1. The molecule has 7 heteroatoms. The van der Waals surface area contributed by atoms with Gasteiger partial charge in [-0.25, -0.2) is 4.98 Å². The van der Waals surface area contributed by atoms with E-state index in [0.717, 1.165) is 57.2 Å². The Morgan fingerprint density at radius 2 is 1.95 bits per heavy atom. The zero-order chi connectivity index (χ0) is 15.2. The Hall–Kier alpha value is -1.34. The van der Waals surface area contributed by atoms with Crippen LogP contribution in [0.2, 0.25) is 0 Å². The first-order chi connectivity index (χ1) is 10.2. The monoisotopic (exact) mass is 311 g/mol. The molecule has 0 bridgehead atoms. The Labute approximate surface area is 130 Å². The van der Waals surface area contributed by atoms with Crippen molar-refractivity contribution in [3.63, 3.8) is 0 Å². The van der Waals surface area contributed by atoms with E-state index in [4.69, 9.17) is 5.73 Å². The van der Waals surface area contributed by atoms with Gasteiger partial charge in [-0.3, -0.25) is 4.79 Å². The van der Waals surface area contributed by atoms with Crippen LogP contribution in [0.1, 0.15) is 36.4 Å². The molecule has 0 aliphatic carbocycles. The van der Waals surface area contributed by atoms with Crippen molar-refractivity contribution in [3.8, 4) is 0 Å². The number of nitrogen functional groups attached to an aromatic ring is 1. The van der Waals surface area contributed by atoms with Crippen LogP contribution in [0.5, 0.6) is 0 Å². The first kappa shape index (κ1) is 16.0. The van der Waals surface area contributed by atoms with Crippen LogP contribution in [0, 0.1) is 0 Å². The van der Waals surface area contributed by atoms with Gasteiger partial charge in [-0.15, -0.1) is 0 Å². The summed E-state index contributed by atoms with van der Waals surface area (Å²) in [5, 5.41) is 4.18. The fraction of sp³-hybridized carbons (Fsp3) is 0.714. The summed E-state index contributed by atoms with van der Waals surface area (Å²) >= 11 is 1.43. The van der Waals surface area contributed by atoms with E-state index in [-0.39, 0.29) is 5.91 Å². The fourth-order valence-electron chi connectivity index (χ4n) is 2.46. The van der Waals surface area contributed by atoms with E-state index in [1.807, 2.05) is 4.90 Å². The normalized spacial score (nSPS) is 15.2. The number of nitrogens with zero attached hydrogens (tertiary/aromatic N) is 3. The maximum Gasteiger partial charge on any atom is 0.267 e. The first-order valence-corrected chi connectivity index (χ1v) is 8.50. The number of aromatic nitrogens is 1. The molecule has 0 radical (unpaired) electrons. The summed E-state index contributed by atoms with van der Waals surface area (Å²) in [5.41, 5.74) is 5.99. The highest BCUT2D eigenvalue weighted by Gasteiger charge is 2.23. The molecule has 0 atom stereocenters. The Bertz CT molecular complexity index is 464. The SMILES string of the molecule is CCCN(CCC)C(=O)c1sc(N2CCNCC2)nc1N. The van der Waals surface area contributed by atoms with Crippen LogP contribution in [0.15, 0.2) is 0 Å². The summed E-state index contributed by atoms with van der Waals surface area (Å²) in [5.74, 6) is 0.394. The minimum Gasteiger partial charge on any atom is -0.382 e. The Kier molecular flexibility index (Phi) is 5.81. The lowest BCUT2D eigenvalue weighted by Crippen LogP contribution is -2.43. The highest BCUT2D eigenvalue weighted by atomic mass is 32.1. The van der Waals surface area contributed by atoms with Gasteiger partial charge in [-0.05, 0) is 12.8 Å². The molecule has 1 aromatic rings. The average molecular weight is 311 g/mol. The van der Waals surface area contributed by atoms with E-state index in [1.165, 1.54) is 11.3 Å². The second kappa shape index (κ2) is 7.61. The van der Waals surface area contributed by atoms with Gasteiger partial charge >= 0.3 is 0 Å². The number of hydrogen-bond donors (Lipinski definition) is 2. The number of nitrogens with one attached hydrogen (secondary N) is 1. The van der Waals surface area contributed by atoms with Crippen molar-refractivity contribution in [1.29, 1.82) is 0 Å². The minimum absolute atomic E-state index is 0.0232. The summed E-state index contributed by atoms with van der Waals surface area (Å²) in [6, 6.07) is 0. The average Bonchev–Trinajstić information content (AvgIpc) is 2.89. The van der Waals surface area contributed by atoms with Crippen molar-refractivity contribution in [3.05, 3.63) is 4.88 Å². The van der Waals surface area contributed by atoms with E-state index in [9.17, 15) is 4.79 Å². The van der Waals surface area contributed by atoms with Crippen molar-refractivity contribution in [1.82, 2.24) is 15.2 Å². The van der Waals surface area contributed by atoms with Gasteiger partial charge in [0, 0.05) is 39.3 Å². The summed E-state index contributed by atoms with van der Waals surface area (Å²) in [6.07, 6.45) is 1.91. The number of carbonyl (C=O) groups excluding carboxylic acids is 1. The number of rotatable bonds is 6. The van der Waals surface area contributed by atoms with Gasteiger partial charge in [0.05, 0.1) is 0 Å². The Morgan fingerprint density at radius 1 is 1.33 bits per heavy atom. The molecule has 0 saturated carbocycles. The van der Waals surface area contributed by atoms with Crippen molar-refractivity contribution < 1.29 is 4.79 Å². The Balaban J connectivity index is 2.14. The summed E-state index contributed by atoms with van der Waals surface area (Å²) in [7, 11) is 0. The number of anilines is 2. The second-order valence-corrected chi connectivity index (χ2v) is 6.22. The van der Waals surface area contributed by atoms with E-state index < -0.39 is 0 Å². The fourth-order valence-corrected chi connectivity index (χ4v) is 3.47. The van der Waals surface area contributed by atoms with E-state index in [2.05, 4.69) is 29.0 Å². The zero-order valence-corrected chi connectivity index (χ0v) is 13.7. The third-order valence-electron chi connectivity index (χ3n) is 3.50. The van der Waals surface area contributed by atoms with Crippen molar-refractivity contribution >= 4 is 28.2 Å². The van der Waals surface area contributed by atoms with E-state index >= 15 is 0 Å². The third-order valence-corrected chi connectivity index (χ3v) is 4.62. The van der Waals surface area contributed by atoms with Gasteiger partial charge in [-0.1, -0.05) is 25.2 Å². The molecule has 0 aromatic carbocycles. The molecule has 118 valence electrons. The molecule has 1 aromatic heterocycles. The van der Waals surface area contributed by atoms with Gasteiger partial charge in [0.25, 0.3) is 5.91 Å². The van der Waals surface area contributed by atoms with Gasteiger partial charge in [0.1, 0.15) is 10.7 Å². The topological polar surface area (TPSA) is 74.5 Å². The van der Waals surface area contributed by atoms with E-state index in [0.29, 0.717) is 10.7 Å². The number of piperazine rings is 1. The maximum atomic E-state index is 12.6. The lowest BCUT2D eigenvalue weighted by molar-refractivity contribution is 0.0761. The highest BCUT2D eigenvalue weighted by molar-refractivity contribution is 7.18. The molecule has 0 unspecified atom stereocenters. The van der Waals surface area contributed by atoms with Crippen LogP contribution in [-0.4, -0.2) is 55.1 Å². The molecule has 6 nitrogen and oxygen atoms in total.